The number of aliphatic hydroxyl groups excluding tert-OH is 1. The van der Waals surface area contributed by atoms with Gasteiger partial charge in [0.05, 0.1) is 17.4 Å². The first-order chi connectivity index (χ1) is 16.0. The lowest BCUT2D eigenvalue weighted by Crippen LogP contribution is -2.43. The number of halogens is 1. The summed E-state index contributed by atoms with van der Waals surface area (Å²) in [5.74, 6) is 0.349. The third kappa shape index (κ3) is 5.53. The second kappa shape index (κ2) is 10.6. The number of nitrogens with zero attached hydrogens (tertiary/aromatic N) is 1. The summed E-state index contributed by atoms with van der Waals surface area (Å²) >= 11 is 6.24. The van der Waals surface area contributed by atoms with Gasteiger partial charge in [-0.15, -0.1) is 6.58 Å². The van der Waals surface area contributed by atoms with Crippen molar-refractivity contribution in [3.63, 3.8) is 0 Å². The van der Waals surface area contributed by atoms with Gasteiger partial charge in [-0.1, -0.05) is 23.7 Å². The van der Waals surface area contributed by atoms with E-state index in [1.54, 1.807) is 24.3 Å². The highest BCUT2D eigenvalue weighted by atomic mass is 35.5. The van der Waals surface area contributed by atoms with Crippen LogP contribution in [0.2, 0.25) is 5.02 Å². The van der Waals surface area contributed by atoms with Crippen LogP contribution in [0.3, 0.4) is 0 Å². The van der Waals surface area contributed by atoms with Crippen molar-refractivity contribution in [3.05, 3.63) is 70.8 Å². The molecule has 1 saturated carbocycles. The van der Waals surface area contributed by atoms with Crippen LogP contribution >= 0.6 is 11.6 Å². The number of aryl methyl sites for hydroxylation is 1. The summed E-state index contributed by atoms with van der Waals surface area (Å²) in [6.07, 6.45) is 6.99. The Morgan fingerprint density at radius 2 is 2.06 bits per heavy atom. The molecule has 1 fully saturated rings. The Labute approximate surface area is 200 Å². The summed E-state index contributed by atoms with van der Waals surface area (Å²) in [7, 11) is 0. The number of carboxylic acid groups (broad SMARTS) is 1. The molecule has 1 aliphatic heterocycles. The Kier molecular flexibility index (Phi) is 7.61. The highest BCUT2D eigenvalue weighted by Gasteiger charge is 2.37. The van der Waals surface area contributed by atoms with E-state index >= 15 is 0 Å². The number of benzene rings is 2. The molecule has 1 heterocycles. The molecular weight excluding hydrogens is 438 g/mol. The average molecular weight is 470 g/mol. The molecule has 0 unspecified atom stereocenters. The number of aromatic carboxylic acids is 1. The first-order valence-electron chi connectivity index (χ1n) is 11.8. The lowest BCUT2D eigenvalue weighted by atomic mass is 9.69. The van der Waals surface area contributed by atoms with Crippen LogP contribution in [0.25, 0.3) is 0 Å². The summed E-state index contributed by atoms with van der Waals surface area (Å²) in [5, 5.41) is 20.8. The van der Waals surface area contributed by atoms with Crippen LogP contribution in [-0.4, -0.2) is 35.4 Å². The number of fused-ring (bicyclic) bond motifs is 2. The van der Waals surface area contributed by atoms with Gasteiger partial charge in [-0.3, -0.25) is 0 Å². The summed E-state index contributed by atoms with van der Waals surface area (Å²) in [6.45, 7) is 5.74. The van der Waals surface area contributed by atoms with Crippen molar-refractivity contribution in [2.45, 2.75) is 51.2 Å². The Morgan fingerprint density at radius 1 is 1.21 bits per heavy atom. The van der Waals surface area contributed by atoms with Crippen molar-refractivity contribution in [3.8, 4) is 5.75 Å². The standard InChI is InChI=1S/C27H32ClNO4/c1-2-5-25(30)23-11-8-20(23)16-29-13-4-3-6-18-14-22(28)10-7-21(18)17-33-26-12-9-19(27(31)32)15-24(26)29/h2,7,9-10,12,14-15,20,23,25,30H,1,3-6,8,11,13,16-17H2,(H,31,32)/t20-,23+,25-/m0/s1. The minimum Gasteiger partial charge on any atom is -0.487 e. The predicted molar refractivity (Wildman–Crippen MR) is 131 cm³/mol. The molecule has 2 N–H and O–H groups in total. The highest BCUT2D eigenvalue weighted by molar-refractivity contribution is 6.30. The maximum atomic E-state index is 11.7. The van der Waals surface area contributed by atoms with E-state index in [2.05, 4.69) is 11.5 Å². The summed E-state index contributed by atoms with van der Waals surface area (Å²) in [6, 6.07) is 11.0. The van der Waals surface area contributed by atoms with Crippen LogP contribution in [-0.2, 0) is 13.0 Å². The largest absolute Gasteiger partial charge is 0.487 e. The van der Waals surface area contributed by atoms with Gasteiger partial charge in [0.15, 0.2) is 0 Å². The van der Waals surface area contributed by atoms with Crippen LogP contribution in [0, 0.1) is 11.8 Å². The zero-order valence-electron chi connectivity index (χ0n) is 18.9. The summed E-state index contributed by atoms with van der Waals surface area (Å²) in [4.78, 5) is 14.0. The smallest absolute Gasteiger partial charge is 0.335 e. The minimum atomic E-state index is -0.949. The topological polar surface area (TPSA) is 70.0 Å². The van der Waals surface area contributed by atoms with Gasteiger partial charge in [0.1, 0.15) is 12.4 Å². The molecule has 0 saturated heterocycles. The van der Waals surface area contributed by atoms with Gasteiger partial charge in [0.2, 0.25) is 0 Å². The molecule has 1 aliphatic carbocycles. The SMILES string of the molecule is C=CC[C@H](O)[C@@H]1CC[C@H]1CN1CCCCc2cc(Cl)ccc2COc2ccc(C(=O)O)cc21. The molecule has 6 heteroatoms. The molecule has 0 spiro atoms. The molecule has 0 bridgehead atoms. The number of carboxylic acids is 1. The van der Waals surface area contributed by atoms with E-state index in [4.69, 9.17) is 16.3 Å². The van der Waals surface area contributed by atoms with Crippen molar-refractivity contribution in [1.29, 1.82) is 0 Å². The fourth-order valence-electron chi connectivity index (χ4n) is 5.03. The van der Waals surface area contributed by atoms with Gasteiger partial charge in [-0.25, -0.2) is 4.79 Å². The lowest BCUT2D eigenvalue weighted by Gasteiger charge is -2.43. The third-order valence-electron chi connectivity index (χ3n) is 7.06. The van der Waals surface area contributed by atoms with Crippen LogP contribution in [0.4, 0.5) is 5.69 Å². The first-order valence-corrected chi connectivity index (χ1v) is 12.2. The molecule has 2 aromatic carbocycles. The molecule has 4 rings (SSSR count). The highest BCUT2D eigenvalue weighted by Crippen LogP contribution is 2.41. The molecule has 0 radical (unpaired) electrons. The van der Waals surface area contributed by atoms with Gasteiger partial charge in [0, 0.05) is 18.1 Å². The maximum Gasteiger partial charge on any atom is 0.335 e. The molecule has 33 heavy (non-hydrogen) atoms. The normalized spacial score (nSPS) is 21.5. The number of rotatable bonds is 6. The molecule has 2 aromatic rings. The molecular formula is C27H32ClNO4. The van der Waals surface area contributed by atoms with E-state index in [0.717, 1.165) is 61.5 Å². The van der Waals surface area contributed by atoms with Gasteiger partial charge in [-0.05, 0) is 91.8 Å². The number of hydrogen-bond acceptors (Lipinski definition) is 4. The molecule has 176 valence electrons. The van der Waals surface area contributed by atoms with Crippen molar-refractivity contribution >= 4 is 23.3 Å². The fourth-order valence-corrected chi connectivity index (χ4v) is 5.22. The Bertz CT molecular complexity index is 1010. The Hall–Kier alpha value is -2.50. The number of carbonyl (C=O) groups is 1. The van der Waals surface area contributed by atoms with Crippen LogP contribution in [0.15, 0.2) is 49.1 Å². The Morgan fingerprint density at radius 3 is 2.79 bits per heavy atom. The van der Waals surface area contributed by atoms with E-state index < -0.39 is 5.97 Å². The van der Waals surface area contributed by atoms with E-state index in [-0.39, 0.29) is 17.6 Å². The first kappa shape index (κ1) is 23.7. The maximum absolute atomic E-state index is 11.7. The van der Waals surface area contributed by atoms with Crippen molar-refractivity contribution in [2.24, 2.45) is 11.8 Å². The average Bonchev–Trinajstić information content (AvgIpc) is 2.80. The quantitative estimate of drug-likeness (QED) is 0.529. The van der Waals surface area contributed by atoms with E-state index in [0.29, 0.717) is 24.7 Å². The monoisotopic (exact) mass is 469 g/mol. The van der Waals surface area contributed by atoms with Gasteiger partial charge in [0.25, 0.3) is 0 Å². The second-order valence-electron chi connectivity index (χ2n) is 9.19. The zero-order valence-corrected chi connectivity index (χ0v) is 19.6. The Balaban J connectivity index is 1.63. The van der Waals surface area contributed by atoms with E-state index in [9.17, 15) is 15.0 Å². The van der Waals surface area contributed by atoms with Gasteiger partial charge < -0.3 is 19.8 Å². The molecule has 5 nitrogen and oxygen atoms in total. The van der Waals surface area contributed by atoms with Crippen LogP contribution in [0.1, 0.15) is 53.6 Å². The van der Waals surface area contributed by atoms with E-state index in [1.807, 2.05) is 18.2 Å². The van der Waals surface area contributed by atoms with E-state index in [1.165, 1.54) is 5.56 Å². The lowest BCUT2D eigenvalue weighted by molar-refractivity contribution is 0.0181. The van der Waals surface area contributed by atoms with Crippen molar-refractivity contribution in [2.75, 3.05) is 18.0 Å². The molecule has 3 atom stereocenters. The van der Waals surface area contributed by atoms with Gasteiger partial charge in [-0.2, -0.15) is 0 Å². The van der Waals surface area contributed by atoms with Crippen molar-refractivity contribution in [1.82, 2.24) is 0 Å². The molecule has 0 aromatic heterocycles. The number of hydrogen-bond donors (Lipinski definition) is 2. The molecule has 0 amide bonds. The summed E-state index contributed by atoms with van der Waals surface area (Å²) < 4.78 is 6.26. The zero-order chi connectivity index (χ0) is 23.4. The van der Waals surface area contributed by atoms with Crippen LogP contribution in [0.5, 0.6) is 5.75 Å². The molecule has 2 aliphatic rings. The minimum absolute atomic E-state index is 0.250. The number of anilines is 1. The fraction of sp³-hybridized carbons (Fsp3) is 0.444. The van der Waals surface area contributed by atoms with Crippen LogP contribution < -0.4 is 9.64 Å². The number of aliphatic hydroxyl groups is 1. The third-order valence-corrected chi connectivity index (χ3v) is 7.29. The number of ether oxygens (including phenoxy) is 1. The van der Waals surface area contributed by atoms with Gasteiger partial charge >= 0.3 is 5.97 Å². The second-order valence-corrected chi connectivity index (χ2v) is 9.62. The predicted octanol–water partition coefficient (Wildman–Crippen LogP) is 5.72. The summed E-state index contributed by atoms with van der Waals surface area (Å²) in [5.41, 5.74) is 3.37. The van der Waals surface area contributed by atoms with Crippen molar-refractivity contribution < 1.29 is 19.7 Å².